The maximum absolute atomic E-state index is 11.6. The van der Waals surface area contributed by atoms with E-state index in [1.54, 1.807) is 0 Å². The minimum Gasteiger partial charge on any atom is -0.549 e. The van der Waals surface area contributed by atoms with Crippen molar-refractivity contribution in [1.29, 1.82) is 0 Å². The lowest BCUT2D eigenvalue weighted by atomic mass is 10.1. The van der Waals surface area contributed by atoms with Crippen LogP contribution in [0.4, 0.5) is 5.69 Å². The fraction of sp³-hybridized carbons (Fsp3) is 0.385. The lowest BCUT2D eigenvalue weighted by Crippen LogP contribution is -2.25. The molecule has 0 aromatic heterocycles. The minimum atomic E-state index is -1.16. The lowest BCUT2D eigenvalue weighted by Gasteiger charge is -2.12. The molecule has 4 nitrogen and oxygen atoms in total. The number of carboxylic acid groups (broad SMARTS) is 1. The van der Waals surface area contributed by atoms with E-state index in [0.29, 0.717) is 0 Å². The van der Waals surface area contributed by atoms with Crippen LogP contribution in [0.3, 0.4) is 0 Å². The normalized spacial score (nSPS) is 10.2. The Morgan fingerprint density at radius 1 is 1.17 bits per heavy atom. The van der Waals surface area contributed by atoms with Crippen LogP contribution in [-0.4, -0.2) is 23.4 Å². The molecule has 0 aliphatic carbocycles. The van der Waals surface area contributed by atoms with Crippen LogP contribution in [-0.2, 0) is 9.59 Å². The van der Waals surface area contributed by atoms with Gasteiger partial charge >= 0.3 is 0 Å². The van der Waals surface area contributed by atoms with Gasteiger partial charge in [-0.15, -0.1) is 11.8 Å². The van der Waals surface area contributed by atoms with Gasteiger partial charge in [-0.1, -0.05) is 17.7 Å². The Kier molecular flexibility index (Phi) is 5.22. The van der Waals surface area contributed by atoms with Crippen molar-refractivity contribution in [3.63, 3.8) is 0 Å². The largest absolute Gasteiger partial charge is 0.549 e. The summed E-state index contributed by atoms with van der Waals surface area (Å²) in [6.07, 6.45) is 0. The van der Waals surface area contributed by atoms with Crippen molar-refractivity contribution in [3.05, 3.63) is 28.8 Å². The molecule has 1 rings (SSSR count). The molecule has 0 saturated carbocycles. The van der Waals surface area contributed by atoms with Crippen LogP contribution in [0.2, 0.25) is 0 Å². The standard InChI is InChI=1S/C13H17NO3S/c1-8-4-9(2)13(10(3)5-8)14-11(15)6-18-7-12(16)17/h4-5H,6-7H2,1-3H3,(H,14,15)(H,16,17)/p-1. The third-order valence-electron chi connectivity index (χ3n) is 2.39. The van der Waals surface area contributed by atoms with Crippen LogP contribution < -0.4 is 10.4 Å². The molecule has 0 aliphatic heterocycles. The summed E-state index contributed by atoms with van der Waals surface area (Å²) in [6, 6.07) is 3.99. The van der Waals surface area contributed by atoms with E-state index in [9.17, 15) is 14.7 Å². The maximum atomic E-state index is 11.6. The van der Waals surface area contributed by atoms with Gasteiger partial charge in [-0.3, -0.25) is 4.79 Å². The monoisotopic (exact) mass is 266 g/mol. The molecule has 0 aliphatic rings. The number of benzene rings is 1. The Balaban J connectivity index is 2.62. The second-order valence-electron chi connectivity index (χ2n) is 4.19. The van der Waals surface area contributed by atoms with E-state index in [2.05, 4.69) is 5.32 Å². The summed E-state index contributed by atoms with van der Waals surface area (Å²) in [7, 11) is 0. The Morgan fingerprint density at radius 2 is 1.72 bits per heavy atom. The summed E-state index contributed by atoms with van der Waals surface area (Å²) in [6.45, 7) is 5.87. The topological polar surface area (TPSA) is 69.2 Å². The number of aryl methyl sites for hydroxylation is 3. The fourth-order valence-electron chi connectivity index (χ4n) is 1.78. The highest BCUT2D eigenvalue weighted by atomic mass is 32.2. The van der Waals surface area contributed by atoms with Gasteiger partial charge in [0.15, 0.2) is 0 Å². The summed E-state index contributed by atoms with van der Waals surface area (Å²) < 4.78 is 0. The van der Waals surface area contributed by atoms with Gasteiger partial charge in [0.25, 0.3) is 0 Å². The Hall–Kier alpha value is -1.49. The number of rotatable bonds is 5. The van der Waals surface area contributed by atoms with Crippen molar-refractivity contribution in [2.45, 2.75) is 20.8 Å². The van der Waals surface area contributed by atoms with Crippen molar-refractivity contribution in [1.82, 2.24) is 0 Å². The van der Waals surface area contributed by atoms with E-state index in [4.69, 9.17) is 0 Å². The molecule has 98 valence electrons. The van der Waals surface area contributed by atoms with Crippen molar-refractivity contribution in [3.8, 4) is 0 Å². The summed E-state index contributed by atoms with van der Waals surface area (Å²) in [5, 5.41) is 13.0. The van der Waals surface area contributed by atoms with Gasteiger partial charge in [-0.05, 0) is 31.9 Å². The Labute approximate surface area is 111 Å². The molecule has 1 aromatic carbocycles. The molecule has 1 N–H and O–H groups in total. The predicted octanol–water partition coefficient (Wildman–Crippen LogP) is 1.03. The molecule has 1 aromatic rings. The molecule has 0 spiro atoms. The van der Waals surface area contributed by atoms with Crippen LogP contribution in [0.25, 0.3) is 0 Å². The third kappa shape index (κ3) is 4.41. The van der Waals surface area contributed by atoms with Crippen LogP contribution in [0.5, 0.6) is 0 Å². The first-order valence-corrected chi connectivity index (χ1v) is 6.71. The van der Waals surface area contributed by atoms with Gasteiger partial charge in [0.05, 0.1) is 11.7 Å². The van der Waals surface area contributed by atoms with Gasteiger partial charge in [-0.25, -0.2) is 0 Å². The number of carbonyl (C=O) groups excluding carboxylic acids is 2. The molecule has 0 heterocycles. The first-order chi connectivity index (χ1) is 8.40. The number of nitrogens with one attached hydrogen (secondary N) is 1. The average Bonchev–Trinajstić information content (AvgIpc) is 2.22. The SMILES string of the molecule is Cc1cc(C)c(NC(=O)CSCC(=O)[O-])c(C)c1. The second-order valence-corrected chi connectivity index (χ2v) is 5.17. The van der Waals surface area contributed by atoms with Crippen LogP contribution in [0, 0.1) is 20.8 Å². The van der Waals surface area contributed by atoms with Crippen LogP contribution >= 0.6 is 11.8 Å². The number of hydrogen-bond acceptors (Lipinski definition) is 4. The zero-order chi connectivity index (χ0) is 13.7. The van der Waals surface area contributed by atoms with Crippen molar-refractivity contribution < 1.29 is 14.7 Å². The number of thioether (sulfide) groups is 1. The van der Waals surface area contributed by atoms with E-state index < -0.39 is 5.97 Å². The van der Waals surface area contributed by atoms with Crippen molar-refractivity contribution in [2.24, 2.45) is 0 Å². The van der Waals surface area contributed by atoms with Gasteiger partial charge in [-0.2, -0.15) is 0 Å². The number of amides is 1. The second kappa shape index (κ2) is 6.44. The van der Waals surface area contributed by atoms with E-state index in [1.807, 2.05) is 32.9 Å². The summed E-state index contributed by atoms with van der Waals surface area (Å²) in [4.78, 5) is 21.9. The van der Waals surface area contributed by atoms with Crippen molar-refractivity contribution >= 4 is 29.3 Å². The number of aliphatic carboxylic acids is 1. The van der Waals surface area contributed by atoms with Crippen molar-refractivity contribution in [2.75, 3.05) is 16.8 Å². The molecule has 0 radical (unpaired) electrons. The number of carbonyl (C=O) groups is 2. The van der Waals surface area contributed by atoms with Crippen LogP contribution in [0.15, 0.2) is 12.1 Å². The molecular weight excluding hydrogens is 250 g/mol. The molecule has 0 unspecified atom stereocenters. The third-order valence-corrected chi connectivity index (χ3v) is 3.30. The highest BCUT2D eigenvalue weighted by Crippen LogP contribution is 2.22. The molecule has 5 heteroatoms. The molecule has 18 heavy (non-hydrogen) atoms. The summed E-state index contributed by atoms with van der Waals surface area (Å²) >= 11 is 1.03. The van der Waals surface area contributed by atoms with E-state index >= 15 is 0 Å². The van der Waals surface area contributed by atoms with Gasteiger partial charge in [0.1, 0.15) is 0 Å². The highest BCUT2D eigenvalue weighted by Gasteiger charge is 2.08. The number of hydrogen-bond donors (Lipinski definition) is 1. The summed E-state index contributed by atoms with van der Waals surface area (Å²) in [5.74, 6) is -1.41. The quantitative estimate of drug-likeness (QED) is 0.864. The Bertz CT molecular complexity index is 448. The predicted molar refractivity (Wildman–Crippen MR) is 71.6 cm³/mol. The average molecular weight is 266 g/mol. The fourth-order valence-corrected chi connectivity index (χ4v) is 2.31. The molecule has 0 saturated heterocycles. The van der Waals surface area contributed by atoms with Gasteiger partial charge in [0.2, 0.25) is 5.91 Å². The lowest BCUT2D eigenvalue weighted by molar-refractivity contribution is -0.301. The molecule has 0 fully saturated rings. The maximum Gasteiger partial charge on any atom is 0.234 e. The van der Waals surface area contributed by atoms with Gasteiger partial charge in [0, 0.05) is 11.4 Å². The molecule has 0 bridgehead atoms. The first kappa shape index (κ1) is 14.6. The van der Waals surface area contributed by atoms with Crippen LogP contribution in [0.1, 0.15) is 16.7 Å². The summed E-state index contributed by atoms with van der Waals surface area (Å²) in [5.41, 5.74) is 3.96. The van der Waals surface area contributed by atoms with E-state index in [1.165, 1.54) is 0 Å². The minimum absolute atomic E-state index is 0.112. The first-order valence-electron chi connectivity index (χ1n) is 5.55. The zero-order valence-electron chi connectivity index (χ0n) is 10.7. The number of anilines is 1. The van der Waals surface area contributed by atoms with Gasteiger partial charge < -0.3 is 15.2 Å². The zero-order valence-corrected chi connectivity index (χ0v) is 11.5. The van der Waals surface area contributed by atoms with E-state index in [0.717, 1.165) is 34.1 Å². The molecule has 1 amide bonds. The highest BCUT2D eigenvalue weighted by molar-refractivity contribution is 8.00. The smallest absolute Gasteiger partial charge is 0.234 e. The van der Waals surface area contributed by atoms with E-state index in [-0.39, 0.29) is 17.4 Å². The molecular formula is C13H16NO3S-. The number of carboxylic acids is 1. The Morgan fingerprint density at radius 3 is 2.22 bits per heavy atom. The molecule has 0 atom stereocenters.